The number of hydrogen-bond acceptors (Lipinski definition) is 4. The van der Waals surface area contributed by atoms with E-state index in [4.69, 9.17) is 26.1 Å². The van der Waals surface area contributed by atoms with Crippen LogP contribution in [0.2, 0.25) is 5.02 Å². The standard InChI is InChI=1S/C27H32ClN3O3/c1-18-24(20-5-9-22(28)10-6-20)30-25(29-18)21-7-11-23(12-8-21)33-17-19-13-15-31(16-14-19)26(32)34-27(2,3)4/h5-12,19H,13-17H2,1-4H3,(H,29,30). The van der Waals surface area contributed by atoms with Gasteiger partial charge in [-0.3, -0.25) is 0 Å². The highest BCUT2D eigenvalue weighted by Crippen LogP contribution is 2.28. The lowest BCUT2D eigenvalue weighted by atomic mass is 9.98. The van der Waals surface area contributed by atoms with Crippen molar-refractivity contribution in [2.45, 2.75) is 46.1 Å². The largest absolute Gasteiger partial charge is 0.493 e. The fourth-order valence-corrected chi connectivity index (χ4v) is 4.14. The first-order chi connectivity index (χ1) is 16.2. The molecular formula is C27H32ClN3O3. The summed E-state index contributed by atoms with van der Waals surface area (Å²) in [5.41, 5.74) is 3.50. The second-order valence-electron chi connectivity index (χ2n) is 9.81. The molecule has 180 valence electrons. The number of imidazole rings is 1. The Morgan fingerprint density at radius 2 is 1.68 bits per heavy atom. The van der Waals surface area contributed by atoms with Gasteiger partial charge in [0.1, 0.15) is 17.2 Å². The summed E-state index contributed by atoms with van der Waals surface area (Å²) >= 11 is 6.01. The van der Waals surface area contributed by atoms with Gasteiger partial charge in [-0.25, -0.2) is 9.78 Å². The van der Waals surface area contributed by atoms with Crippen molar-refractivity contribution in [1.82, 2.24) is 14.9 Å². The number of aryl methyl sites for hydroxylation is 1. The molecule has 1 N–H and O–H groups in total. The summed E-state index contributed by atoms with van der Waals surface area (Å²) in [6.45, 7) is 9.74. The molecule has 0 saturated carbocycles. The van der Waals surface area contributed by atoms with Gasteiger partial charge >= 0.3 is 6.09 Å². The molecule has 7 heteroatoms. The van der Waals surface area contributed by atoms with Gasteiger partial charge < -0.3 is 19.4 Å². The van der Waals surface area contributed by atoms with Crippen LogP contribution in [0.15, 0.2) is 48.5 Å². The van der Waals surface area contributed by atoms with Crippen molar-refractivity contribution in [1.29, 1.82) is 0 Å². The van der Waals surface area contributed by atoms with Crippen LogP contribution in [-0.4, -0.2) is 46.3 Å². The fraction of sp³-hybridized carbons (Fsp3) is 0.407. The number of benzene rings is 2. The molecule has 4 rings (SSSR count). The normalized spacial score (nSPS) is 14.8. The highest BCUT2D eigenvalue weighted by Gasteiger charge is 2.27. The zero-order valence-electron chi connectivity index (χ0n) is 20.2. The molecule has 1 saturated heterocycles. The van der Waals surface area contributed by atoms with Crippen molar-refractivity contribution in [3.05, 3.63) is 59.2 Å². The van der Waals surface area contributed by atoms with E-state index < -0.39 is 5.60 Å². The fourth-order valence-electron chi connectivity index (χ4n) is 4.02. The number of carbonyl (C=O) groups excluding carboxylic acids is 1. The molecule has 1 amide bonds. The third-order valence-corrected chi connectivity index (χ3v) is 6.13. The molecule has 0 unspecified atom stereocenters. The summed E-state index contributed by atoms with van der Waals surface area (Å²) in [5, 5.41) is 0.710. The predicted molar refractivity (Wildman–Crippen MR) is 135 cm³/mol. The Morgan fingerprint density at radius 1 is 1.06 bits per heavy atom. The maximum Gasteiger partial charge on any atom is 0.410 e. The van der Waals surface area contributed by atoms with E-state index in [1.54, 1.807) is 4.90 Å². The van der Waals surface area contributed by atoms with E-state index in [0.717, 1.165) is 46.9 Å². The first-order valence-corrected chi connectivity index (χ1v) is 12.1. The summed E-state index contributed by atoms with van der Waals surface area (Å²) in [6, 6.07) is 15.7. The summed E-state index contributed by atoms with van der Waals surface area (Å²) in [7, 11) is 0. The summed E-state index contributed by atoms with van der Waals surface area (Å²) in [5.74, 6) is 2.08. The molecule has 0 aliphatic carbocycles. The zero-order chi connectivity index (χ0) is 24.3. The van der Waals surface area contributed by atoms with Crippen LogP contribution in [-0.2, 0) is 4.74 Å². The van der Waals surface area contributed by atoms with E-state index in [0.29, 0.717) is 30.6 Å². The molecule has 0 atom stereocenters. The lowest BCUT2D eigenvalue weighted by Gasteiger charge is -2.33. The number of piperidine rings is 1. The molecule has 0 radical (unpaired) electrons. The second kappa shape index (κ2) is 10.1. The molecule has 1 fully saturated rings. The number of hydrogen-bond donors (Lipinski definition) is 1. The number of nitrogens with zero attached hydrogens (tertiary/aromatic N) is 2. The van der Waals surface area contributed by atoms with Crippen LogP contribution >= 0.6 is 11.6 Å². The number of likely N-dealkylation sites (tertiary alicyclic amines) is 1. The molecule has 1 aliphatic rings. The first-order valence-electron chi connectivity index (χ1n) is 11.7. The molecule has 34 heavy (non-hydrogen) atoms. The molecule has 0 bridgehead atoms. The third kappa shape index (κ3) is 6.11. The summed E-state index contributed by atoms with van der Waals surface area (Å²) < 4.78 is 11.5. The van der Waals surface area contributed by atoms with Gasteiger partial charge in [0, 0.05) is 34.9 Å². The Bertz CT molecular complexity index is 1110. The number of ether oxygens (including phenoxy) is 2. The van der Waals surface area contributed by atoms with Gasteiger partial charge in [0.25, 0.3) is 0 Å². The predicted octanol–water partition coefficient (Wildman–Crippen LogP) is 6.73. The van der Waals surface area contributed by atoms with Crippen LogP contribution in [0, 0.1) is 12.8 Å². The number of aromatic amines is 1. The molecule has 2 heterocycles. The monoisotopic (exact) mass is 481 g/mol. The lowest BCUT2D eigenvalue weighted by molar-refractivity contribution is 0.0165. The first kappa shape index (κ1) is 24.1. The molecule has 2 aromatic carbocycles. The Labute approximate surface area is 206 Å². The highest BCUT2D eigenvalue weighted by atomic mass is 35.5. The van der Waals surface area contributed by atoms with E-state index in [-0.39, 0.29) is 6.09 Å². The van der Waals surface area contributed by atoms with Crippen LogP contribution in [0.5, 0.6) is 5.75 Å². The minimum Gasteiger partial charge on any atom is -0.493 e. The highest BCUT2D eigenvalue weighted by molar-refractivity contribution is 6.30. The van der Waals surface area contributed by atoms with E-state index >= 15 is 0 Å². The maximum absolute atomic E-state index is 12.2. The van der Waals surface area contributed by atoms with Crippen molar-refractivity contribution in [2.75, 3.05) is 19.7 Å². The van der Waals surface area contributed by atoms with Gasteiger partial charge in [0.2, 0.25) is 0 Å². The van der Waals surface area contributed by atoms with E-state index in [1.807, 2.05) is 76.2 Å². The van der Waals surface area contributed by atoms with E-state index in [2.05, 4.69) is 4.98 Å². The average molecular weight is 482 g/mol. The smallest absolute Gasteiger partial charge is 0.410 e. The van der Waals surface area contributed by atoms with Gasteiger partial charge in [-0.1, -0.05) is 23.7 Å². The summed E-state index contributed by atoms with van der Waals surface area (Å²) in [6.07, 6.45) is 1.60. The molecule has 1 aromatic heterocycles. The molecular weight excluding hydrogens is 450 g/mol. The maximum atomic E-state index is 12.2. The lowest BCUT2D eigenvalue weighted by Crippen LogP contribution is -2.42. The quantitative estimate of drug-likeness (QED) is 0.438. The number of aromatic nitrogens is 2. The Kier molecular flexibility index (Phi) is 7.17. The van der Waals surface area contributed by atoms with Gasteiger partial charge in [0.05, 0.1) is 12.3 Å². The van der Waals surface area contributed by atoms with Crippen molar-refractivity contribution in [3.63, 3.8) is 0 Å². The van der Waals surface area contributed by atoms with Crippen molar-refractivity contribution in [3.8, 4) is 28.4 Å². The number of rotatable bonds is 5. The number of nitrogens with one attached hydrogen (secondary N) is 1. The number of amides is 1. The van der Waals surface area contributed by atoms with Crippen LogP contribution in [0.25, 0.3) is 22.6 Å². The second-order valence-corrected chi connectivity index (χ2v) is 10.2. The SMILES string of the molecule is Cc1[nH]c(-c2ccc(OCC3CCN(C(=O)OC(C)(C)C)CC3)cc2)nc1-c1ccc(Cl)cc1. The van der Waals surface area contributed by atoms with E-state index in [9.17, 15) is 4.79 Å². The Morgan fingerprint density at radius 3 is 2.29 bits per heavy atom. The minimum absolute atomic E-state index is 0.227. The third-order valence-electron chi connectivity index (χ3n) is 5.88. The Hall–Kier alpha value is -2.99. The number of halogens is 1. The van der Waals surface area contributed by atoms with Crippen LogP contribution in [0.4, 0.5) is 4.79 Å². The van der Waals surface area contributed by atoms with Gasteiger partial charge in [-0.05, 0) is 82.9 Å². The van der Waals surface area contributed by atoms with Gasteiger partial charge in [-0.15, -0.1) is 0 Å². The molecule has 3 aromatic rings. The van der Waals surface area contributed by atoms with E-state index in [1.165, 1.54) is 0 Å². The molecule has 6 nitrogen and oxygen atoms in total. The zero-order valence-corrected chi connectivity index (χ0v) is 21.0. The number of H-pyrrole nitrogens is 1. The average Bonchev–Trinajstić information content (AvgIpc) is 3.19. The van der Waals surface area contributed by atoms with Gasteiger partial charge in [0.15, 0.2) is 0 Å². The summed E-state index contributed by atoms with van der Waals surface area (Å²) in [4.78, 5) is 22.2. The molecule has 0 spiro atoms. The van der Waals surface area contributed by atoms with Crippen LogP contribution < -0.4 is 4.74 Å². The molecule has 1 aliphatic heterocycles. The van der Waals surface area contributed by atoms with Crippen molar-refractivity contribution < 1.29 is 14.3 Å². The van der Waals surface area contributed by atoms with Crippen LogP contribution in [0.3, 0.4) is 0 Å². The Balaban J connectivity index is 1.30. The van der Waals surface area contributed by atoms with Crippen molar-refractivity contribution >= 4 is 17.7 Å². The number of carbonyl (C=O) groups is 1. The van der Waals surface area contributed by atoms with Crippen LogP contribution in [0.1, 0.15) is 39.3 Å². The minimum atomic E-state index is -0.463. The van der Waals surface area contributed by atoms with Crippen molar-refractivity contribution in [2.24, 2.45) is 5.92 Å². The van der Waals surface area contributed by atoms with Gasteiger partial charge in [-0.2, -0.15) is 0 Å². The topological polar surface area (TPSA) is 67.5 Å².